The van der Waals surface area contributed by atoms with Gasteiger partial charge in [0.1, 0.15) is 6.10 Å². The van der Waals surface area contributed by atoms with Gasteiger partial charge in [-0.15, -0.1) is 0 Å². The summed E-state index contributed by atoms with van der Waals surface area (Å²) in [7, 11) is 0. The summed E-state index contributed by atoms with van der Waals surface area (Å²) in [5.74, 6) is 0.553. The molecular formula is C23H28N2O2. The third-order valence-corrected chi connectivity index (χ3v) is 5.84. The van der Waals surface area contributed by atoms with Crippen molar-refractivity contribution in [3.63, 3.8) is 0 Å². The van der Waals surface area contributed by atoms with Crippen molar-refractivity contribution in [2.75, 3.05) is 19.7 Å². The Balaban J connectivity index is 1.29. The van der Waals surface area contributed by atoms with Crippen molar-refractivity contribution in [2.45, 2.75) is 38.5 Å². The number of hydrogen-bond donors (Lipinski definition) is 1. The molecule has 4 rings (SSSR count). The Morgan fingerprint density at radius 2 is 1.93 bits per heavy atom. The van der Waals surface area contributed by atoms with E-state index < -0.39 is 0 Å². The van der Waals surface area contributed by atoms with Crippen LogP contribution in [0.3, 0.4) is 0 Å². The predicted octanol–water partition coefficient (Wildman–Crippen LogP) is 3.33. The molecule has 1 unspecified atom stereocenters. The number of carbonyl (C=O) groups is 1. The fraction of sp³-hybridized carbons (Fsp3) is 0.435. The van der Waals surface area contributed by atoms with Gasteiger partial charge in [-0.2, -0.15) is 0 Å². The Labute approximate surface area is 161 Å². The van der Waals surface area contributed by atoms with Gasteiger partial charge < -0.3 is 15.0 Å². The highest BCUT2D eigenvalue weighted by molar-refractivity contribution is 5.82. The van der Waals surface area contributed by atoms with Crippen LogP contribution in [0.1, 0.15) is 36.1 Å². The average molecular weight is 364 g/mol. The molecule has 27 heavy (non-hydrogen) atoms. The van der Waals surface area contributed by atoms with Crippen LogP contribution >= 0.6 is 0 Å². The fourth-order valence-corrected chi connectivity index (χ4v) is 4.28. The number of hydrogen-bond acceptors (Lipinski definition) is 3. The first-order valence-corrected chi connectivity index (χ1v) is 9.97. The van der Waals surface area contributed by atoms with Crippen molar-refractivity contribution in [3.8, 4) is 0 Å². The lowest BCUT2D eigenvalue weighted by Gasteiger charge is -2.36. The molecule has 1 amide bonds. The van der Waals surface area contributed by atoms with Gasteiger partial charge in [0, 0.05) is 19.6 Å². The summed E-state index contributed by atoms with van der Waals surface area (Å²) in [6.45, 7) is 5.32. The Hall–Kier alpha value is -2.17. The highest BCUT2D eigenvalue weighted by Crippen LogP contribution is 2.31. The number of fused-ring (bicyclic) bond motifs is 1. The molecule has 0 radical (unpaired) electrons. The molecule has 0 bridgehead atoms. The Bertz CT molecular complexity index is 777. The number of rotatable bonds is 5. The van der Waals surface area contributed by atoms with Crippen LogP contribution in [0.4, 0.5) is 0 Å². The summed E-state index contributed by atoms with van der Waals surface area (Å²) >= 11 is 0. The predicted molar refractivity (Wildman–Crippen MR) is 106 cm³/mol. The number of nitrogens with zero attached hydrogens (tertiary/aromatic N) is 1. The molecule has 4 nitrogen and oxygen atoms in total. The van der Waals surface area contributed by atoms with Crippen LogP contribution < -0.4 is 5.32 Å². The second kappa shape index (κ2) is 8.24. The van der Waals surface area contributed by atoms with Gasteiger partial charge in [0.25, 0.3) is 5.91 Å². The number of amides is 1. The normalized spacial score (nSPS) is 24.6. The third-order valence-electron chi connectivity index (χ3n) is 5.84. The first-order chi connectivity index (χ1) is 13.2. The first kappa shape index (κ1) is 18.2. The van der Waals surface area contributed by atoms with Crippen molar-refractivity contribution in [1.29, 1.82) is 0 Å². The van der Waals surface area contributed by atoms with Crippen molar-refractivity contribution >= 4 is 5.91 Å². The first-order valence-electron chi connectivity index (χ1n) is 9.97. The summed E-state index contributed by atoms with van der Waals surface area (Å²) in [5.41, 5.74) is 3.92. The standard InChI is InChI=1S/C23H28N2O2/c1-17-21-10-6-5-9-20(21)11-12-25(17)23(26)22-13-19(16-27-22)15-24-14-18-7-3-2-4-8-18/h2-10,17,19,22,24H,11-16H2,1H3/t17-,19?,22-/m0/s1. The Morgan fingerprint density at radius 1 is 1.15 bits per heavy atom. The summed E-state index contributed by atoms with van der Waals surface area (Å²) in [6.07, 6.45) is 1.45. The molecule has 4 heteroatoms. The van der Waals surface area contributed by atoms with E-state index >= 15 is 0 Å². The molecule has 2 aromatic carbocycles. The second-order valence-electron chi connectivity index (χ2n) is 7.70. The molecule has 3 atom stereocenters. The van der Waals surface area contributed by atoms with Crippen LogP contribution in [0.2, 0.25) is 0 Å². The van der Waals surface area contributed by atoms with Crippen molar-refractivity contribution < 1.29 is 9.53 Å². The molecule has 2 aliphatic rings. The quantitative estimate of drug-likeness (QED) is 0.885. The van der Waals surface area contributed by atoms with Crippen LogP contribution in [0.15, 0.2) is 54.6 Å². The second-order valence-corrected chi connectivity index (χ2v) is 7.70. The Morgan fingerprint density at radius 3 is 2.78 bits per heavy atom. The SMILES string of the molecule is C[C@H]1c2ccccc2CCN1C(=O)[C@@H]1CC(CNCc2ccccc2)CO1. The highest BCUT2D eigenvalue weighted by atomic mass is 16.5. The molecule has 0 aliphatic carbocycles. The number of benzene rings is 2. The maximum Gasteiger partial charge on any atom is 0.252 e. The number of carbonyl (C=O) groups excluding carboxylic acids is 1. The number of ether oxygens (including phenoxy) is 1. The molecule has 2 aromatic rings. The molecule has 142 valence electrons. The third kappa shape index (κ3) is 4.07. The highest BCUT2D eigenvalue weighted by Gasteiger charge is 2.36. The van der Waals surface area contributed by atoms with Gasteiger partial charge in [-0.3, -0.25) is 4.79 Å². The zero-order chi connectivity index (χ0) is 18.6. The van der Waals surface area contributed by atoms with Gasteiger partial charge in [-0.1, -0.05) is 54.6 Å². The fourth-order valence-electron chi connectivity index (χ4n) is 4.28. The minimum Gasteiger partial charge on any atom is -0.368 e. The van der Waals surface area contributed by atoms with Crippen LogP contribution in [0, 0.1) is 5.92 Å². The largest absolute Gasteiger partial charge is 0.368 e. The zero-order valence-electron chi connectivity index (χ0n) is 15.9. The summed E-state index contributed by atoms with van der Waals surface area (Å²) in [4.78, 5) is 15.0. The minimum absolute atomic E-state index is 0.126. The van der Waals surface area contributed by atoms with E-state index in [0.717, 1.165) is 32.5 Å². The van der Waals surface area contributed by atoms with Gasteiger partial charge >= 0.3 is 0 Å². The average Bonchev–Trinajstić information content (AvgIpc) is 3.18. The van der Waals surface area contributed by atoms with E-state index in [9.17, 15) is 4.79 Å². The number of nitrogens with one attached hydrogen (secondary N) is 1. The molecule has 0 aromatic heterocycles. The summed E-state index contributed by atoms with van der Waals surface area (Å²) in [6, 6.07) is 19.0. The van der Waals surface area contributed by atoms with Crippen LogP contribution in [-0.2, 0) is 22.5 Å². The van der Waals surface area contributed by atoms with Crippen molar-refractivity contribution in [2.24, 2.45) is 5.92 Å². The molecule has 0 saturated carbocycles. The monoisotopic (exact) mass is 364 g/mol. The van der Waals surface area contributed by atoms with E-state index in [4.69, 9.17) is 4.74 Å². The molecule has 1 fully saturated rings. The lowest BCUT2D eigenvalue weighted by Crippen LogP contribution is -2.44. The Kier molecular flexibility index (Phi) is 5.55. The van der Waals surface area contributed by atoms with Gasteiger partial charge in [0.2, 0.25) is 0 Å². The molecule has 1 N–H and O–H groups in total. The van der Waals surface area contributed by atoms with E-state index in [2.05, 4.69) is 60.8 Å². The summed E-state index contributed by atoms with van der Waals surface area (Å²) in [5, 5.41) is 3.50. The lowest BCUT2D eigenvalue weighted by atomic mass is 9.93. The van der Waals surface area contributed by atoms with Gasteiger partial charge in [0.15, 0.2) is 0 Å². The molecule has 0 spiro atoms. The van der Waals surface area contributed by atoms with Gasteiger partial charge in [-0.05, 0) is 42.4 Å². The summed E-state index contributed by atoms with van der Waals surface area (Å²) < 4.78 is 5.89. The van der Waals surface area contributed by atoms with E-state index in [0.29, 0.717) is 12.5 Å². The minimum atomic E-state index is -0.291. The van der Waals surface area contributed by atoms with E-state index in [1.807, 2.05) is 11.0 Å². The van der Waals surface area contributed by atoms with Crippen molar-refractivity contribution in [3.05, 3.63) is 71.3 Å². The smallest absolute Gasteiger partial charge is 0.252 e. The maximum atomic E-state index is 13.0. The maximum absolute atomic E-state index is 13.0. The van der Waals surface area contributed by atoms with E-state index in [-0.39, 0.29) is 18.1 Å². The molecule has 1 saturated heterocycles. The van der Waals surface area contributed by atoms with Crippen LogP contribution in [-0.4, -0.2) is 36.6 Å². The van der Waals surface area contributed by atoms with Gasteiger partial charge in [-0.25, -0.2) is 0 Å². The lowest BCUT2D eigenvalue weighted by molar-refractivity contribution is -0.143. The van der Waals surface area contributed by atoms with E-state index in [1.165, 1.54) is 16.7 Å². The molecule has 2 heterocycles. The topological polar surface area (TPSA) is 41.6 Å². The van der Waals surface area contributed by atoms with Crippen LogP contribution in [0.5, 0.6) is 0 Å². The van der Waals surface area contributed by atoms with Gasteiger partial charge in [0.05, 0.1) is 12.6 Å². The molecular weight excluding hydrogens is 336 g/mol. The zero-order valence-corrected chi connectivity index (χ0v) is 15.9. The van der Waals surface area contributed by atoms with E-state index in [1.54, 1.807) is 0 Å². The molecule has 2 aliphatic heterocycles. The van der Waals surface area contributed by atoms with Crippen LogP contribution in [0.25, 0.3) is 0 Å². The van der Waals surface area contributed by atoms with Crippen molar-refractivity contribution in [1.82, 2.24) is 10.2 Å².